The number of H-pyrrole nitrogens is 1. The Hall–Kier alpha value is -2.64. The fraction of sp³-hybridized carbons (Fsp3) is 0.214. The third-order valence-electron chi connectivity index (χ3n) is 3.18. The molecule has 0 spiro atoms. The molecule has 0 saturated carbocycles. The van der Waals surface area contributed by atoms with Crippen LogP contribution in [0.4, 0.5) is 19.0 Å². The van der Waals surface area contributed by atoms with Gasteiger partial charge in [-0.25, -0.2) is 15.0 Å². The topological polar surface area (TPSA) is 66.5 Å². The molecule has 2 N–H and O–H groups in total. The second kappa shape index (κ2) is 5.63. The van der Waals surface area contributed by atoms with Crippen molar-refractivity contribution in [2.45, 2.75) is 12.6 Å². The number of imidazole rings is 1. The monoisotopic (exact) mass is 307 g/mol. The number of hydrogen-bond acceptors (Lipinski definition) is 4. The molecule has 114 valence electrons. The molecule has 0 saturated heterocycles. The summed E-state index contributed by atoms with van der Waals surface area (Å²) in [7, 11) is 0. The second-order valence-corrected chi connectivity index (χ2v) is 4.70. The molecule has 0 aliphatic heterocycles. The molecule has 3 aromatic rings. The lowest BCUT2D eigenvalue weighted by Crippen LogP contribution is -2.09. The van der Waals surface area contributed by atoms with Crippen LogP contribution >= 0.6 is 0 Å². The number of fused-ring (bicyclic) bond motifs is 1. The summed E-state index contributed by atoms with van der Waals surface area (Å²) in [6.07, 6.45) is -0.971. The zero-order chi connectivity index (χ0) is 15.6. The zero-order valence-corrected chi connectivity index (χ0v) is 11.4. The summed E-state index contributed by atoms with van der Waals surface area (Å²) in [6.45, 7) is 0.445. The second-order valence-electron chi connectivity index (χ2n) is 4.70. The minimum atomic E-state index is -4.32. The van der Waals surface area contributed by atoms with Crippen molar-refractivity contribution in [2.75, 3.05) is 11.9 Å². The first-order valence-electron chi connectivity index (χ1n) is 6.58. The molecule has 5 nitrogen and oxygen atoms in total. The summed E-state index contributed by atoms with van der Waals surface area (Å²) in [5.74, 6) is 0.554. The molecule has 0 amide bonds. The van der Waals surface area contributed by atoms with Crippen molar-refractivity contribution < 1.29 is 13.2 Å². The minimum absolute atomic E-state index is 0.444. The standard InChI is InChI=1S/C14H12F3N5/c15-14(16,17)10-3-1-2-9(6-10)4-5-18-12-11-13(20-7-19-11)22-8-21-12/h1-3,6-8H,4-5H2,(H2,18,19,20,21,22). The smallest absolute Gasteiger partial charge is 0.368 e. The lowest BCUT2D eigenvalue weighted by molar-refractivity contribution is -0.137. The zero-order valence-electron chi connectivity index (χ0n) is 11.4. The van der Waals surface area contributed by atoms with Gasteiger partial charge in [0.25, 0.3) is 0 Å². The molecular formula is C14H12F3N5. The van der Waals surface area contributed by atoms with Crippen molar-refractivity contribution in [2.24, 2.45) is 0 Å². The number of anilines is 1. The first kappa shape index (κ1) is 14.3. The molecule has 1 aromatic carbocycles. The number of aromatic amines is 1. The van der Waals surface area contributed by atoms with Crippen molar-refractivity contribution >= 4 is 17.0 Å². The first-order chi connectivity index (χ1) is 10.5. The third kappa shape index (κ3) is 3.00. The summed E-state index contributed by atoms with van der Waals surface area (Å²) in [5.41, 5.74) is 1.18. The van der Waals surface area contributed by atoms with Gasteiger partial charge in [-0.3, -0.25) is 0 Å². The third-order valence-corrected chi connectivity index (χ3v) is 3.18. The average Bonchev–Trinajstić information content (AvgIpc) is 2.96. The van der Waals surface area contributed by atoms with Gasteiger partial charge in [-0.1, -0.05) is 18.2 Å². The molecule has 8 heteroatoms. The van der Waals surface area contributed by atoms with Crippen LogP contribution in [-0.4, -0.2) is 26.5 Å². The van der Waals surface area contributed by atoms with Crippen LogP contribution in [0.1, 0.15) is 11.1 Å². The van der Waals surface area contributed by atoms with Gasteiger partial charge in [0, 0.05) is 6.54 Å². The molecule has 0 atom stereocenters. The Morgan fingerprint density at radius 2 is 2.00 bits per heavy atom. The quantitative estimate of drug-likeness (QED) is 0.777. The van der Waals surface area contributed by atoms with Gasteiger partial charge in [-0.15, -0.1) is 0 Å². The van der Waals surface area contributed by atoms with Gasteiger partial charge in [-0.2, -0.15) is 13.2 Å². The fourth-order valence-electron chi connectivity index (χ4n) is 2.12. The van der Waals surface area contributed by atoms with E-state index in [9.17, 15) is 13.2 Å². The molecule has 0 aliphatic rings. The molecule has 0 fully saturated rings. The fourth-order valence-corrected chi connectivity index (χ4v) is 2.12. The Morgan fingerprint density at radius 3 is 2.82 bits per heavy atom. The average molecular weight is 307 g/mol. The van der Waals surface area contributed by atoms with Crippen LogP contribution in [0.2, 0.25) is 0 Å². The van der Waals surface area contributed by atoms with Gasteiger partial charge in [0.15, 0.2) is 11.5 Å². The molecule has 3 rings (SSSR count). The Bertz CT molecular complexity index is 781. The molecule has 2 aromatic heterocycles. The maximum Gasteiger partial charge on any atom is 0.416 e. The maximum absolute atomic E-state index is 12.6. The van der Waals surface area contributed by atoms with E-state index < -0.39 is 11.7 Å². The van der Waals surface area contributed by atoms with E-state index in [0.29, 0.717) is 35.5 Å². The minimum Gasteiger partial charge on any atom is -0.368 e. The summed E-state index contributed by atoms with van der Waals surface area (Å²) >= 11 is 0. The van der Waals surface area contributed by atoms with Gasteiger partial charge in [-0.05, 0) is 18.1 Å². The van der Waals surface area contributed by atoms with Crippen LogP contribution in [0.5, 0.6) is 0 Å². The molecular weight excluding hydrogens is 295 g/mol. The van der Waals surface area contributed by atoms with Gasteiger partial charge in [0.05, 0.1) is 11.9 Å². The Labute approximate surface area is 123 Å². The number of halogens is 3. The summed E-state index contributed by atoms with van der Waals surface area (Å²) < 4.78 is 37.9. The van der Waals surface area contributed by atoms with E-state index in [1.165, 1.54) is 18.7 Å². The number of alkyl halides is 3. The van der Waals surface area contributed by atoms with E-state index >= 15 is 0 Å². The summed E-state index contributed by atoms with van der Waals surface area (Å²) in [4.78, 5) is 15.1. The van der Waals surface area contributed by atoms with E-state index in [-0.39, 0.29) is 0 Å². The van der Waals surface area contributed by atoms with Crippen LogP contribution in [0.15, 0.2) is 36.9 Å². The molecule has 22 heavy (non-hydrogen) atoms. The number of nitrogens with one attached hydrogen (secondary N) is 2. The van der Waals surface area contributed by atoms with Gasteiger partial charge >= 0.3 is 6.18 Å². The first-order valence-corrected chi connectivity index (χ1v) is 6.58. The lowest BCUT2D eigenvalue weighted by atomic mass is 10.1. The maximum atomic E-state index is 12.6. The Morgan fingerprint density at radius 1 is 1.14 bits per heavy atom. The van der Waals surface area contributed by atoms with Crippen LogP contribution in [0, 0.1) is 0 Å². The van der Waals surface area contributed by atoms with Crippen molar-refractivity contribution in [3.8, 4) is 0 Å². The molecule has 2 heterocycles. The highest BCUT2D eigenvalue weighted by Gasteiger charge is 2.30. The highest BCUT2D eigenvalue weighted by atomic mass is 19.4. The van der Waals surface area contributed by atoms with E-state index in [4.69, 9.17) is 0 Å². The number of hydrogen-bond donors (Lipinski definition) is 2. The number of nitrogens with zero attached hydrogens (tertiary/aromatic N) is 3. The van der Waals surface area contributed by atoms with E-state index in [0.717, 1.165) is 12.1 Å². The van der Waals surface area contributed by atoms with Crippen LogP contribution in [0.3, 0.4) is 0 Å². The highest BCUT2D eigenvalue weighted by Crippen LogP contribution is 2.29. The van der Waals surface area contributed by atoms with E-state index in [1.807, 2.05) is 0 Å². The van der Waals surface area contributed by atoms with E-state index in [2.05, 4.69) is 25.3 Å². The molecule has 0 aliphatic carbocycles. The highest BCUT2D eigenvalue weighted by molar-refractivity contribution is 5.81. The summed E-state index contributed by atoms with van der Waals surface area (Å²) in [5, 5.41) is 3.07. The van der Waals surface area contributed by atoms with Crippen LogP contribution in [0.25, 0.3) is 11.2 Å². The number of aromatic nitrogens is 4. The SMILES string of the molecule is FC(F)(F)c1cccc(CCNc2ncnc3[nH]cnc23)c1. The van der Waals surface area contributed by atoms with Crippen molar-refractivity contribution in [1.82, 2.24) is 19.9 Å². The Balaban J connectivity index is 1.67. The van der Waals surface area contributed by atoms with Crippen molar-refractivity contribution in [3.05, 3.63) is 48.0 Å². The van der Waals surface area contributed by atoms with Gasteiger partial charge in [0.1, 0.15) is 11.8 Å². The van der Waals surface area contributed by atoms with Gasteiger partial charge in [0.2, 0.25) is 0 Å². The van der Waals surface area contributed by atoms with Crippen molar-refractivity contribution in [3.63, 3.8) is 0 Å². The molecule has 0 unspecified atom stereocenters. The number of rotatable bonds is 4. The molecule has 0 radical (unpaired) electrons. The van der Waals surface area contributed by atoms with Gasteiger partial charge < -0.3 is 10.3 Å². The van der Waals surface area contributed by atoms with Crippen molar-refractivity contribution in [1.29, 1.82) is 0 Å². The van der Waals surface area contributed by atoms with Crippen LogP contribution in [-0.2, 0) is 12.6 Å². The predicted octanol–water partition coefficient (Wildman–Crippen LogP) is 3.03. The predicted molar refractivity (Wildman–Crippen MR) is 75.3 cm³/mol. The summed E-state index contributed by atoms with van der Waals surface area (Å²) in [6, 6.07) is 5.30. The number of benzene rings is 1. The lowest BCUT2D eigenvalue weighted by Gasteiger charge is -2.09. The van der Waals surface area contributed by atoms with Crippen LogP contribution < -0.4 is 5.32 Å². The molecule has 0 bridgehead atoms. The Kier molecular flexibility index (Phi) is 3.66. The normalized spacial score (nSPS) is 11.8. The largest absolute Gasteiger partial charge is 0.416 e. The van der Waals surface area contributed by atoms with E-state index in [1.54, 1.807) is 6.07 Å².